The Balaban J connectivity index is 0.00000217. The summed E-state index contributed by atoms with van der Waals surface area (Å²) in [6, 6.07) is 21.2. The number of aryl methyl sites for hydroxylation is 2. The van der Waals surface area contributed by atoms with E-state index in [4.69, 9.17) is 18.9 Å². The molecule has 0 fully saturated rings. The lowest BCUT2D eigenvalue weighted by molar-refractivity contribution is -0.659. The van der Waals surface area contributed by atoms with Crippen molar-refractivity contribution < 1.29 is 40.5 Å². The largest absolute Gasteiger partial charge is 1.00 e. The van der Waals surface area contributed by atoms with E-state index in [0.717, 1.165) is 63.4 Å². The zero-order valence-electron chi connectivity index (χ0n) is 18.9. The van der Waals surface area contributed by atoms with Crippen LogP contribution in [0.3, 0.4) is 0 Å². The fourth-order valence-corrected chi connectivity index (χ4v) is 5.62. The molecule has 0 atom stereocenters. The van der Waals surface area contributed by atoms with Crippen molar-refractivity contribution in [2.45, 2.75) is 13.0 Å². The summed E-state index contributed by atoms with van der Waals surface area (Å²) in [5, 5.41) is 5.76. The maximum atomic E-state index is 5.95. The van der Waals surface area contributed by atoms with Gasteiger partial charge in [-0.1, -0.05) is 18.2 Å². The standard InChI is InChI=1S/C28H22NO4.BrH/c1-30-21-11-10-18-19-8-9-20-23-17(14-22-27(20)33-15-32-22)12-13-29(26(19)23)25(24(18)28(21)31-2)16-6-4-3-5-7-16;/h3-11,14H,12-13,15H2,1-2H3;1H/q+1;/p-1. The number of benzene rings is 4. The molecule has 5 aromatic rings. The lowest BCUT2D eigenvalue weighted by Crippen LogP contribution is -3.00. The van der Waals surface area contributed by atoms with E-state index in [-0.39, 0.29) is 23.8 Å². The molecule has 0 bridgehead atoms. The minimum absolute atomic E-state index is 0. The molecule has 0 aliphatic carbocycles. The van der Waals surface area contributed by atoms with Crippen LogP contribution in [0.4, 0.5) is 0 Å². The van der Waals surface area contributed by atoms with Crippen molar-refractivity contribution in [3.8, 4) is 34.3 Å². The van der Waals surface area contributed by atoms with Gasteiger partial charge < -0.3 is 35.9 Å². The van der Waals surface area contributed by atoms with Crippen LogP contribution in [-0.4, -0.2) is 21.0 Å². The quantitative estimate of drug-likeness (QED) is 0.273. The van der Waals surface area contributed by atoms with E-state index in [1.807, 2.05) is 6.07 Å². The van der Waals surface area contributed by atoms with Crippen LogP contribution in [0.15, 0.2) is 60.7 Å². The smallest absolute Gasteiger partial charge is 0.231 e. The minimum atomic E-state index is 0. The molecule has 0 N–H and O–H groups in total. The third kappa shape index (κ3) is 2.69. The zero-order chi connectivity index (χ0) is 22.1. The predicted octanol–water partition coefficient (Wildman–Crippen LogP) is 2.41. The molecule has 1 aromatic heterocycles. The second-order valence-corrected chi connectivity index (χ2v) is 8.49. The summed E-state index contributed by atoms with van der Waals surface area (Å²) in [6.07, 6.45) is 0.918. The van der Waals surface area contributed by atoms with Gasteiger partial charge in [-0.15, -0.1) is 0 Å². The molecule has 4 aromatic carbocycles. The molecule has 2 aliphatic rings. The Bertz CT molecular complexity index is 1610. The van der Waals surface area contributed by atoms with Gasteiger partial charge in [-0.3, -0.25) is 0 Å². The highest BCUT2D eigenvalue weighted by molar-refractivity contribution is 6.19. The van der Waals surface area contributed by atoms with Gasteiger partial charge in [0.1, 0.15) is 5.39 Å². The van der Waals surface area contributed by atoms with Crippen molar-refractivity contribution in [3.05, 3.63) is 66.2 Å². The van der Waals surface area contributed by atoms with Crippen molar-refractivity contribution in [3.63, 3.8) is 0 Å². The SMILES string of the molecule is COc1ccc2c(c1OC)c(-c1ccccc1)[n+]1c3c2ccc2c4c(cc(c23)CC1)OCO4.[Br-]. The molecule has 7 rings (SSSR count). The lowest BCUT2D eigenvalue weighted by atomic mass is 9.90. The Morgan fingerprint density at radius 2 is 1.62 bits per heavy atom. The molecule has 34 heavy (non-hydrogen) atoms. The van der Waals surface area contributed by atoms with Crippen LogP contribution in [-0.2, 0) is 13.0 Å². The Kier molecular flexibility index (Phi) is 4.81. The molecule has 0 saturated heterocycles. The third-order valence-electron chi connectivity index (χ3n) is 6.95. The summed E-state index contributed by atoms with van der Waals surface area (Å²) in [5.41, 5.74) is 4.83. The van der Waals surface area contributed by atoms with Crippen LogP contribution in [0.25, 0.3) is 43.7 Å². The highest BCUT2D eigenvalue weighted by Gasteiger charge is 2.33. The third-order valence-corrected chi connectivity index (χ3v) is 6.95. The lowest BCUT2D eigenvalue weighted by Gasteiger charge is -2.21. The van der Waals surface area contributed by atoms with E-state index < -0.39 is 0 Å². The Hall–Kier alpha value is -3.51. The predicted molar refractivity (Wildman–Crippen MR) is 128 cm³/mol. The van der Waals surface area contributed by atoms with E-state index in [1.54, 1.807) is 14.2 Å². The number of aromatic nitrogens is 1. The Morgan fingerprint density at radius 1 is 0.824 bits per heavy atom. The van der Waals surface area contributed by atoms with E-state index in [2.05, 4.69) is 59.2 Å². The first-order valence-electron chi connectivity index (χ1n) is 11.1. The van der Waals surface area contributed by atoms with Gasteiger partial charge in [0.25, 0.3) is 0 Å². The molecule has 170 valence electrons. The van der Waals surface area contributed by atoms with Crippen molar-refractivity contribution in [2.24, 2.45) is 0 Å². The van der Waals surface area contributed by atoms with E-state index in [9.17, 15) is 0 Å². The molecule has 0 amide bonds. The highest BCUT2D eigenvalue weighted by atomic mass is 79.9. The van der Waals surface area contributed by atoms with Crippen LogP contribution in [0, 0.1) is 0 Å². The molecule has 0 saturated carbocycles. The van der Waals surface area contributed by atoms with Crippen LogP contribution in [0.1, 0.15) is 5.56 Å². The normalized spacial score (nSPS) is 13.5. The van der Waals surface area contributed by atoms with Gasteiger partial charge in [-0.2, -0.15) is 4.57 Å². The van der Waals surface area contributed by atoms with Crippen molar-refractivity contribution in [1.82, 2.24) is 0 Å². The molecule has 3 heterocycles. The van der Waals surface area contributed by atoms with Crippen LogP contribution < -0.4 is 40.5 Å². The monoisotopic (exact) mass is 515 g/mol. The second kappa shape index (κ2) is 7.77. The van der Waals surface area contributed by atoms with E-state index >= 15 is 0 Å². The molecule has 5 nitrogen and oxygen atoms in total. The molecule has 0 unspecified atom stereocenters. The number of fused-ring (bicyclic) bond motifs is 4. The average Bonchev–Trinajstić information content (AvgIpc) is 3.35. The number of hydrogen-bond donors (Lipinski definition) is 0. The highest BCUT2D eigenvalue weighted by Crippen LogP contribution is 2.48. The zero-order valence-corrected chi connectivity index (χ0v) is 20.4. The number of rotatable bonds is 3. The van der Waals surface area contributed by atoms with E-state index in [0.29, 0.717) is 0 Å². The van der Waals surface area contributed by atoms with Gasteiger partial charge >= 0.3 is 0 Å². The number of ether oxygens (including phenoxy) is 4. The maximum absolute atomic E-state index is 5.95. The van der Waals surface area contributed by atoms with Gasteiger partial charge in [0.2, 0.25) is 18.0 Å². The average molecular weight is 516 g/mol. The summed E-state index contributed by atoms with van der Waals surface area (Å²) in [5.74, 6) is 3.18. The van der Waals surface area contributed by atoms with E-state index in [1.165, 1.54) is 21.9 Å². The molecule has 0 radical (unpaired) electrons. The van der Waals surface area contributed by atoms with Gasteiger partial charge in [0.05, 0.1) is 25.0 Å². The van der Waals surface area contributed by atoms with Gasteiger partial charge in [0.15, 0.2) is 29.5 Å². The first-order chi connectivity index (χ1) is 16.3. The van der Waals surface area contributed by atoms with Crippen LogP contribution in [0.2, 0.25) is 0 Å². The minimum Gasteiger partial charge on any atom is -1.00 e. The van der Waals surface area contributed by atoms with Crippen molar-refractivity contribution >= 4 is 32.4 Å². The first-order valence-corrected chi connectivity index (χ1v) is 11.1. The van der Waals surface area contributed by atoms with Gasteiger partial charge in [-0.25, -0.2) is 0 Å². The summed E-state index contributed by atoms with van der Waals surface area (Å²) in [6.45, 7) is 1.14. The number of halogens is 1. The van der Waals surface area contributed by atoms with Gasteiger partial charge in [0, 0.05) is 22.8 Å². The molecule has 2 aliphatic heterocycles. The summed E-state index contributed by atoms with van der Waals surface area (Å²) >= 11 is 0. The number of nitrogens with zero attached hydrogens (tertiary/aromatic N) is 1. The maximum Gasteiger partial charge on any atom is 0.231 e. The van der Waals surface area contributed by atoms with Crippen molar-refractivity contribution in [1.29, 1.82) is 0 Å². The first kappa shape index (κ1) is 21.1. The summed E-state index contributed by atoms with van der Waals surface area (Å²) in [4.78, 5) is 0. The van der Waals surface area contributed by atoms with Crippen LogP contribution >= 0.6 is 0 Å². The number of pyridine rings is 1. The number of hydrogen-bond acceptors (Lipinski definition) is 4. The Labute approximate surface area is 207 Å². The fraction of sp³-hybridized carbons (Fsp3) is 0.179. The van der Waals surface area contributed by atoms with Crippen molar-refractivity contribution in [2.75, 3.05) is 21.0 Å². The topological polar surface area (TPSA) is 40.8 Å². The Morgan fingerprint density at radius 3 is 2.41 bits per heavy atom. The second-order valence-electron chi connectivity index (χ2n) is 8.49. The molecular formula is C28H22BrNO4. The summed E-state index contributed by atoms with van der Waals surface area (Å²) < 4.78 is 25.7. The number of methoxy groups -OCH3 is 2. The molecular weight excluding hydrogens is 494 g/mol. The van der Waals surface area contributed by atoms with Crippen LogP contribution in [0.5, 0.6) is 23.0 Å². The molecule has 0 spiro atoms. The summed E-state index contributed by atoms with van der Waals surface area (Å²) in [7, 11) is 3.40. The fourth-order valence-electron chi connectivity index (χ4n) is 5.62. The molecule has 6 heteroatoms. The van der Waals surface area contributed by atoms with Gasteiger partial charge in [-0.05, 0) is 48.0 Å².